The number of fused-ring (bicyclic) bond motifs is 1. The average molecular weight is 136 g/mol. The fraction of sp³-hybridized carbons (Fsp3) is 0.167. The zero-order valence-corrected chi connectivity index (χ0v) is 5.22. The van der Waals surface area contributed by atoms with Gasteiger partial charge in [-0.1, -0.05) is 0 Å². The zero-order valence-electron chi connectivity index (χ0n) is 5.22. The van der Waals surface area contributed by atoms with E-state index in [4.69, 9.17) is 0 Å². The fourth-order valence-electron chi connectivity index (χ4n) is 0.944. The number of pyridine rings is 1. The van der Waals surface area contributed by atoms with Crippen LogP contribution in [0.3, 0.4) is 0 Å². The third-order valence-corrected chi connectivity index (χ3v) is 1.40. The van der Waals surface area contributed by atoms with Crippen LogP contribution in [0.1, 0.15) is 0 Å². The second kappa shape index (κ2) is 1.76. The molecule has 10 heavy (non-hydrogen) atoms. The molecule has 0 bridgehead atoms. The van der Waals surface area contributed by atoms with E-state index in [-0.39, 0.29) is 5.56 Å². The molecular formula is C6H6N3O. The number of hydrogen-bond acceptors (Lipinski definition) is 3. The van der Waals surface area contributed by atoms with Crippen molar-refractivity contribution in [1.82, 2.24) is 4.68 Å². The van der Waals surface area contributed by atoms with Crippen molar-refractivity contribution >= 4 is 5.82 Å². The van der Waals surface area contributed by atoms with Gasteiger partial charge in [0.1, 0.15) is 12.5 Å². The third-order valence-electron chi connectivity index (χ3n) is 1.40. The average Bonchev–Trinajstić information content (AvgIpc) is 2.36. The van der Waals surface area contributed by atoms with Crippen LogP contribution in [-0.4, -0.2) is 11.3 Å². The molecule has 0 aromatic carbocycles. The van der Waals surface area contributed by atoms with Gasteiger partial charge in [0.15, 0.2) is 0 Å². The molecule has 51 valence electrons. The molecule has 1 aromatic heterocycles. The minimum absolute atomic E-state index is 0.150. The van der Waals surface area contributed by atoms with E-state index in [1.165, 1.54) is 4.68 Å². The molecule has 2 rings (SSSR count). The lowest BCUT2D eigenvalue weighted by Gasteiger charge is -1.97. The van der Waals surface area contributed by atoms with Crippen LogP contribution in [0.25, 0.3) is 0 Å². The lowest BCUT2D eigenvalue weighted by molar-refractivity contribution is 0.910. The summed E-state index contributed by atoms with van der Waals surface area (Å²) in [7, 11) is 0. The van der Waals surface area contributed by atoms with Gasteiger partial charge in [-0.2, -0.15) is 0 Å². The zero-order chi connectivity index (χ0) is 6.97. The van der Waals surface area contributed by atoms with Crippen LogP contribution in [0.5, 0.6) is 0 Å². The maximum absolute atomic E-state index is 10.9. The normalized spacial score (nSPS) is 13.6. The van der Waals surface area contributed by atoms with Crippen molar-refractivity contribution in [2.75, 3.05) is 17.4 Å². The standard InChI is InChI=1S/C6H6N3O/c10-6-3-1-2-5-7-4-8-9(5)6/h1-2,7-8H,4H2. The van der Waals surface area contributed by atoms with E-state index in [0.717, 1.165) is 5.82 Å². The second-order valence-electron chi connectivity index (χ2n) is 2.02. The molecule has 1 aliphatic rings. The smallest absolute Gasteiger partial charge is 0.278 e. The minimum atomic E-state index is -0.150. The van der Waals surface area contributed by atoms with Crippen molar-refractivity contribution < 1.29 is 0 Å². The van der Waals surface area contributed by atoms with E-state index in [2.05, 4.69) is 16.8 Å². The van der Waals surface area contributed by atoms with E-state index < -0.39 is 0 Å². The number of hydrogen-bond donors (Lipinski definition) is 2. The molecule has 0 aliphatic carbocycles. The molecular weight excluding hydrogens is 130 g/mol. The van der Waals surface area contributed by atoms with Gasteiger partial charge in [0.25, 0.3) is 5.56 Å². The van der Waals surface area contributed by atoms with Crippen molar-refractivity contribution in [2.45, 2.75) is 0 Å². The first-order valence-electron chi connectivity index (χ1n) is 2.99. The lowest BCUT2D eigenvalue weighted by Crippen LogP contribution is -2.23. The maximum atomic E-state index is 10.9. The Labute approximate surface area is 57.5 Å². The first-order chi connectivity index (χ1) is 4.88. The summed E-state index contributed by atoms with van der Waals surface area (Å²) in [5.74, 6) is 0.795. The van der Waals surface area contributed by atoms with Crippen molar-refractivity contribution in [2.24, 2.45) is 0 Å². The Morgan fingerprint density at radius 2 is 2.60 bits per heavy atom. The van der Waals surface area contributed by atoms with Crippen LogP contribution in [0.4, 0.5) is 5.82 Å². The summed E-state index contributed by atoms with van der Waals surface area (Å²) in [5.41, 5.74) is 2.68. The van der Waals surface area contributed by atoms with E-state index >= 15 is 0 Å². The molecule has 1 aliphatic heterocycles. The molecule has 1 aromatic rings. The van der Waals surface area contributed by atoms with E-state index in [0.29, 0.717) is 6.67 Å². The number of nitrogens with one attached hydrogen (secondary N) is 2. The Balaban J connectivity index is 2.70. The summed E-state index contributed by atoms with van der Waals surface area (Å²) >= 11 is 0. The first-order valence-corrected chi connectivity index (χ1v) is 2.99. The van der Waals surface area contributed by atoms with Crippen LogP contribution in [0.15, 0.2) is 16.9 Å². The molecule has 0 atom stereocenters. The SMILES string of the molecule is O=c1[c]ccc2n1NCN2. The van der Waals surface area contributed by atoms with Gasteiger partial charge < -0.3 is 10.7 Å². The molecule has 1 radical (unpaired) electrons. The summed E-state index contributed by atoms with van der Waals surface area (Å²) < 4.78 is 1.43. The predicted octanol–water partition coefficient (Wildman–Crippen LogP) is -0.425. The lowest BCUT2D eigenvalue weighted by atomic mass is 10.5. The highest BCUT2D eigenvalue weighted by Gasteiger charge is 2.06. The van der Waals surface area contributed by atoms with Crippen LogP contribution >= 0.6 is 0 Å². The highest BCUT2D eigenvalue weighted by Crippen LogP contribution is 2.03. The summed E-state index contributed by atoms with van der Waals surface area (Å²) in [6.45, 7) is 0.604. The van der Waals surface area contributed by atoms with E-state index in [1.807, 2.05) is 0 Å². The Bertz CT molecular complexity index is 304. The third kappa shape index (κ3) is 0.586. The Morgan fingerprint density at radius 3 is 3.40 bits per heavy atom. The molecule has 0 saturated heterocycles. The van der Waals surface area contributed by atoms with Gasteiger partial charge in [-0.25, -0.2) is 4.68 Å². The largest absolute Gasteiger partial charge is 0.351 e. The van der Waals surface area contributed by atoms with Crippen molar-refractivity contribution in [1.29, 1.82) is 0 Å². The summed E-state index contributed by atoms with van der Waals surface area (Å²) in [6, 6.07) is 5.93. The number of nitrogens with zero attached hydrogens (tertiary/aromatic N) is 1. The molecule has 0 fully saturated rings. The second-order valence-corrected chi connectivity index (χ2v) is 2.02. The van der Waals surface area contributed by atoms with Crippen molar-refractivity contribution in [3.8, 4) is 0 Å². The van der Waals surface area contributed by atoms with Gasteiger partial charge in [0, 0.05) is 0 Å². The van der Waals surface area contributed by atoms with Gasteiger partial charge >= 0.3 is 0 Å². The minimum Gasteiger partial charge on any atom is -0.351 e. The van der Waals surface area contributed by atoms with Crippen molar-refractivity contribution in [3.63, 3.8) is 0 Å². The molecule has 4 nitrogen and oxygen atoms in total. The van der Waals surface area contributed by atoms with Crippen LogP contribution in [0, 0.1) is 6.07 Å². The molecule has 0 saturated carbocycles. The molecule has 0 amide bonds. The first kappa shape index (κ1) is 5.34. The Hall–Kier alpha value is -1.45. The molecule has 4 heteroatoms. The van der Waals surface area contributed by atoms with Crippen LogP contribution < -0.4 is 16.3 Å². The predicted molar refractivity (Wildman–Crippen MR) is 37.4 cm³/mol. The van der Waals surface area contributed by atoms with Crippen LogP contribution in [0.2, 0.25) is 0 Å². The highest BCUT2D eigenvalue weighted by molar-refractivity contribution is 5.39. The van der Waals surface area contributed by atoms with Crippen LogP contribution in [-0.2, 0) is 0 Å². The summed E-state index contributed by atoms with van der Waals surface area (Å²) in [4.78, 5) is 10.9. The van der Waals surface area contributed by atoms with E-state index in [1.54, 1.807) is 12.1 Å². The fourth-order valence-corrected chi connectivity index (χ4v) is 0.944. The van der Waals surface area contributed by atoms with E-state index in [9.17, 15) is 4.79 Å². The Kier molecular flexibility index (Phi) is 0.943. The molecule has 2 N–H and O–H groups in total. The number of aromatic nitrogens is 1. The van der Waals surface area contributed by atoms with Gasteiger partial charge in [0.05, 0.1) is 6.07 Å². The quantitative estimate of drug-likeness (QED) is 0.509. The van der Waals surface area contributed by atoms with Crippen molar-refractivity contribution in [3.05, 3.63) is 28.6 Å². The topological polar surface area (TPSA) is 46.1 Å². The van der Waals surface area contributed by atoms with Gasteiger partial charge in [-0.05, 0) is 12.1 Å². The summed E-state index contributed by atoms with van der Waals surface area (Å²) in [6.07, 6.45) is 0. The van der Waals surface area contributed by atoms with Gasteiger partial charge in [-0.3, -0.25) is 4.79 Å². The van der Waals surface area contributed by atoms with Gasteiger partial charge in [-0.15, -0.1) is 0 Å². The summed E-state index contributed by atoms with van der Waals surface area (Å²) in [5, 5.41) is 2.97. The highest BCUT2D eigenvalue weighted by atomic mass is 16.1. The molecule has 0 spiro atoms. The van der Waals surface area contributed by atoms with Gasteiger partial charge in [0.2, 0.25) is 0 Å². The number of rotatable bonds is 0. The Morgan fingerprint density at radius 1 is 1.70 bits per heavy atom. The molecule has 0 unspecified atom stereocenters. The monoisotopic (exact) mass is 136 g/mol. The maximum Gasteiger partial charge on any atom is 0.278 e. The number of anilines is 1. The molecule has 2 heterocycles.